The molecule has 0 saturated carbocycles. The number of nitrogens with one attached hydrogen (secondary N) is 2. The molecule has 2 aromatic rings. The fourth-order valence-corrected chi connectivity index (χ4v) is 2.02. The maximum absolute atomic E-state index is 5.40. The summed E-state index contributed by atoms with van der Waals surface area (Å²) in [7, 11) is 0. The summed E-state index contributed by atoms with van der Waals surface area (Å²) in [5, 5.41) is 6.79. The number of hydrogen-bond donors (Lipinski definition) is 2. The molecule has 2 N–H and O–H groups in total. The molecular weight excluding hydrogens is 200 g/mol. The van der Waals surface area contributed by atoms with Gasteiger partial charge in [-0.1, -0.05) is 0 Å². The Morgan fingerprint density at radius 1 is 1.12 bits per heavy atom. The molecule has 3 rings (SSSR count). The Morgan fingerprint density at radius 2 is 2.12 bits per heavy atom. The van der Waals surface area contributed by atoms with Crippen LogP contribution in [0.1, 0.15) is 5.56 Å². The van der Waals surface area contributed by atoms with E-state index in [0.717, 1.165) is 31.0 Å². The lowest BCUT2D eigenvalue weighted by Gasteiger charge is -2.08. The summed E-state index contributed by atoms with van der Waals surface area (Å²) in [6.07, 6.45) is 1.71. The van der Waals surface area contributed by atoms with Crippen LogP contribution in [0.5, 0.6) is 0 Å². The molecule has 2 heterocycles. The van der Waals surface area contributed by atoms with Crippen LogP contribution in [0.2, 0.25) is 0 Å². The number of benzene rings is 1. The molecule has 0 aliphatic carbocycles. The van der Waals surface area contributed by atoms with Crippen molar-refractivity contribution in [1.82, 2.24) is 5.32 Å². The fourth-order valence-electron chi connectivity index (χ4n) is 2.02. The molecule has 3 nitrogen and oxygen atoms in total. The second-order valence-electron chi connectivity index (χ2n) is 3.95. The van der Waals surface area contributed by atoms with Crippen LogP contribution in [-0.4, -0.2) is 13.1 Å². The second-order valence-corrected chi connectivity index (χ2v) is 3.95. The normalized spacial score (nSPS) is 15.0. The van der Waals surface area contributed by atoms with E-state index in [0.29, 0.717) is 0 Å². The van der Waals surface area contributed by atoms with Gasteiger partial charge in [-0.15, -0.1) is 0 Å². The molecule has 0 unspecified atom stereocenters. The quantitative estimate of drug-likeness (QED) is 0.765. The third-order valence-electron chi connectivity index (χ3n) is 2.84. The molecule has 82 valence electrons. The Morgan fingerprint density at radius 3 is 3.00 bits per heavy atom. The molecule has 16 heavy (non-hydrogen) atoms. The van der Waals surface area contributed by atoms with Crippen molar-refractivity contribution < 1.29 is 4.42 Å². The highest BCUT2D eigenvalue weighted by Gasteiger charge is 2.08. The molecule has 0 fully saturated rings. The monoisotopic (exact) mass is 214 g/mol. The molecule has 1 aliphatic rings. The van der Waals surface area contributed by atoms with Gasteiger partial charge in [-0.25, -0.2) is 0 Å². The van der Waals surface area contributed by atoms with Crippen LogP contribution in [0.4, 0.5) is 5.69 Å². The zero-order valence-corrected chi connectivity index (χ0v) is 8.99. The summed E-state index contributed by atoms with van der Waals surface area (Å²) >= 11 is 0. The Hall–Kier alpha value is -1.74. The lowest BCUT2D eigenvalue weighted by atomic mass is 10.1. The molecule has 0 bridgehead atoms. The van der Waals surface area contributed by atoms with E-state index >= 15 is 0 Å². The van der Waals surface area contributed by atoms with Crippen molar-refractivity contribution in [1.29, 1.82) is 0 Å². The van der Waals surface area contributed by atoms with Gasteiger partial charge in [0.2, 0.25) is 0 Å². The van der Waals surface area contributed by atoms with E-state index in [1.165, 1.54) is 11.3 Å². The van der Waals surface area contributed by atoms with E-state index < -0.39 is 0 Å². The molecule has 0 radical (unpaired) electrons. The Balaban J connectivity index is 2.01. The summed E-state index contributed by atoms with van der Waals surface area (Å²) in [5.74, 6) is 0.923. The van der Waals surface area contributed by atoms with E-state index in [4.69, 9.17) is 4.42 Å². The number of furan rings is 1. The van der Waals surface area contributed by atoms with Crippen molar-refractivity contribution in [3.8, 4) is 11.3 Å². The maximum atomic E-state index is 5.40. The minimum Gasteiger partial charge on any atom is -0.464 e. The van der Waals surface area contributed by atoms with Gasteiger partial charge in [-0.05, 0) is 35.9 Å². The largest absolute Gasteiger partial charge is 0.464 e. The van der Waals surface area contributed by atoms with Crippen molar-refractivity contribution in [2.75, 3.05) is 18.4 Å². The molecule has 0 saturated heterocycles. The van der Waals surface area contributed by atoms with Gasteiger partial charge in [-0.2, -0.15) is 0 Å². The lowest BCUT2D eigenvalue weighted by molar-refractivity contribution is 0.582. The van der Waals surface area contributed by atoms with Crippen molar-refractivity contribution in [2.45, 2.75) is 6.54 Å². The third-order valence-corrected chi connectivity index (χ3v) is 2.84. The topological polar surface area (TPSA) is 37.2 Å². The molecular formula is C13H14N2O. The molecule has 0 spiro atoms. The van der Waals surface area contributed by atoms with Crippen LogP contribution >= 0.6 is 0 Å². The summed E-state index contributed by atoms with van der Waals surface area (Å²) in [4.78, 5) is 0. The average molecular weight is 214 g/mol. The summed E-state index contributed by atoms with van der Waals surface area (Å²) in [6.45, 7) is 2.90. The highest BCUT2D eigenvalue weighted by molar-refractivity contribution is 5.65. The first-order valence-electron chi connectivity index (χ1n) is 5.55. The van der Waals surface area contributed by atoms with E-state index in [1.807, 2.05) is 12.1 Å². The molecule has 0 atom stereocenters. The molecule has 0 amide bonds. The predicted octanol–water partition coefficient (Wildman–Crippen LogP) is 2.46. The molecule has 1 aromatic carbocycles. The number of anilines is 1. The number of hydrogen-bond acceptors (Lipinski definition) is 3. The van der Waals surface area contributed by atoms with Gasteiger partial charge < -0.3 is 15.1 Å². The van der Waals surface area contributed by atoms with Gasteiger partial charge in [0.1, 0.15) is 5.76 Å². The summed E-state index contributed by atoms with van der Waals surface area (Å²) < 4.78 is 5.40. The average Bonchev–Trinajstić information content (AvgIpc) is 2.74. The lowest BCUT2D eigenvalue weighted by Crippen LogP contribution is -2.16. The van der Waals surface area contributed by atoms with E-state index in [9.17, 15) is 0 Å². The smallest absolute Gasteiger partial charge is 0.133 e. The van der Waals surface area contributed by atoms with Crippen LogP contribution in [0.25, 0.3) is 11.3 Å². The minimum absolute atomic E-state index is 0.914. The summed E-state index contributed by atoms with van der Waals surface area (Å²) in [5.41, 5.74) is 3.65. The standard InChI is InChI=1S/C13H14N2O/c1-2-13(16-7-1)10-3-4-12-11(8-10)9-14-5-6-15-12/h1-4,7-8,14-15H,5-6,9H2. The minimum atomic E-state index is 0.914. The number of fused-ring (bicyclic) bond motifs is 1. The highest BCUT2D eigenvalue weighted by atomic mass is 16.3. The zero-order valence-electron chi connectivity index (χ0n) is 8.99. The van der Waals surface area contributed by atoms with Gasteiger partial charge >= 0.3 is 0 Å². The van der Waals surface area contributed by atoms with E-state index in [-0.39, 0.29) is 0 Å². The van der Waals surface area contributed by atoms with Gasteiger partial charge in [0.25, 0.3) is 0 Å². The molecule has 1 aromatic heterocycles. The zero-order chi connectivity index (χ0) is 10.8. The van der Waals surface area contributed by atoms with Crippen molar-refractivity contribution in [3.63, 3.8) is 0 Å². The predicted molar refractivity (Wildman–Crippen MR) is 64.3 cm³/mol. The maximum Gasteiger partial charge on any atom is 0.133 e. The van der Waals surface area contributed by atoms with Gasteiger partial charge in [-0.3, -0.25) is 0 Å². The second kappa shape index (κ2) is 4.02. The van der Waals surface area contributed by atoms with Crippen molar-refractivity contribution in [2.24, 2.45) is 0 Å². The fraction of sp³-hybridized carbons (Fsp3) is 0.231. The van der Waals surface area contributed by atoms with Crippen LogP contribution < -0.4 is 10.6 Å². The number of rotatable bonds is 1. The van der Waals surface area contributed by atoms with Crippen molar-refractivity contribution in [3.05, 3.63) is 42.2 Å². The summed E-state index contributed by atoms with van der Waals surface area (Å²) in [6, 6.07) is 10.3. The van der Waals surface area contributed by atoms with Crippen molar-refractivity contribution >= 4 is 5.69 Å². The van der Waals surface area contributed by atoms with Gasteiger partial charge in [0.05, 0.1) is 6.26 Å². The Labute approximate surface area is 94.5 Å². The third kappa shape index (κ3) is 1.70. The Bertz CT molecular complexity index is 477. The van der Waals surface area contributed by atoms with Crippen LogP contribution in [0.15, 0.2) is 41.0 Å². The SMILES string of the molecule is c1coc(-c2ccc3c(c2)CNCCN3)c1. The van der Waals surface area contributed by atoms with E-state index in [2.05, 4.69) is 28.8 Å². The van der Waals surface area contributed by atoms with Gasteiger partial charge in [0.15, 0.2) is 0 Å². The first-order valence-corrected chi connectivity index (χ1v) is 5.55. The first-order chi connectivity index (χ1) is 7.93. The van der Waals surface area contributed by atoms with Crippen LogP contribution in [0, 0.1) is 0 Å². The molecule has 1 aliphatic heterocycles. The Kier molecular flexibility index (Phi) is 2.38. The first kappa shape index (κ1) is 9.48. The van der Waals surface area contributed by atoms with Crippen LogP contribution in [-0.2, 0) is 6.54 Å². The van der Waals surface area contributed by atoms with E-state index in [1.54, 1.807) is 6.26 Å². The van der Waals surface area contributed by atoms with Crippen LogP contribution in [0.3, 0.4) is 0 Å². The highest BCUT2D eigenvalue weighted by Crippen LogP contribution is 2.26. The molecule has 3 heteroatoms. The van der Waals surface area contributed by atoms with Gasteiger partial charge in [0, 0.05) is 30.9 Å².